The van der Waals surface area contributed by atoms with Gasteiger partial charge in [-0.3, -0.25) is 9.79 Å². The van der Waals surface area contributed by atoms with Crippen molar-refractivity contribution in [3.8, 4) is 0 Å². The van der Waals surface area contributed by atoms with Crippen molar-refractivity contribution >= 4 is 51.8 Å². The van der Waals surface area contributed by atoms with Crippen molar-refractivity contribution in [2.75, 3.05) is 20.1 Å². The largest absolute Gasteiger partial charge is 0.357 e. The molecule has 5 nitrogen and oxygen atoms in total. The maximum Gasteiger partial charge on any atom is 0.251 e. The van der Waals surface area contributed by atoms with Gasteiger partial charge in [-0.2, -0.15) is 0 Å². The molecule has 1 fully saturated rings. The number of halogens is 2. The minimum Gasteiger partial charge on any atom is -0.357 e. The van der Waals surface area contributed by atoms with Gasteiger partial charge in [0.1, 0.15) is 0 Å². The van der Waals surface area contributed by atoms with E-state index >= 15 is 0 Å². The van der Waals surface area contributed by atoms with Crippen LogP contribution >= 0.6 is 39.9 Å². The Labute approximate surface area is 198 Å². The lowest BCUT2D eigenvalue weighted by atomic mass is 10.1. The molecule has 2 aromatic carbocycles. The second-order valence-corrected chi connectivity index (χ2v) is 7.85. The first kappa shape index (κ1) is 23.7. The molecular weight excluding hydrogens is 543 g/mol. The molecule has 0 bridgehead atoms. The fraction of sp³-hybridized carbons (Fsp3) is 0.364. The molecule has 1 amide bonds. The number of nitrogens with zero attached hydrogens (tertiary/aromatic N) is 1. The topological polar surface area (TPSA) is 65.5 Å². The van der Waals surface area contributed by atoms with E-state index in [2.05, 4.69) is 63.1 Å². The average Bonchev–Trinajstić information content (AvgIpc) is 3.47. The number of amides is 1. The van der Waals surface area contributed by atoms with Crippen LogP contribution in [0.1, 0.15) is 40.7 Å². The van der Waals surface area contributed by atoms with Gasteiger partial charge in [-0.1, -0.05) is 40.2 Å². The van der Waals surface area contributed by atoms with Crippen molar-refractivity contribution in [1.82, 2.24) is 16.0 Å². The van der Waals surface area contributed by atoms with Crippen LogP contribution in [0.2, 0.25) is 0 Å². The number of carbonyl (C=O) groups excluding carboxylic acids is 1. The van der Waals surface area contributed by atoms with E-state index in [1.165, 1.54) is 5.56 Å². The lowest BCUT2D eigenvalue weighted by Gasteiger charge is -2.11. The van der Waals surface area contributed by atoms with Crippen molar-refractivity contribution in [2.24, 2.45) is 4.99 Å². The van der Waals surface area contributed by atoms with Crippen LogP contribution in [0.25, 0.3) is 0 Å². The summed E-state index contributed by atoms with van der Waals surface area (Å²) in [5.41, 5.74) is 3.16. The predicted molar refractivity (Wildman–Crippen MR) is 133 cm³/mol. The van der Waals surface area contributed by atoms with Gasteiger partial charge in [-0.15, -0.1) is 24.0 Å². The molecule has 0 aromatic heterocycles. The zero-order chi connectivity index (χ0) is 19.9. The van der Waals surface area contributed by atoms with Crippen molar-refractivity contribution in [1.29, 1.82) is 0 Å². The Morgan fingerprint density at radius 3 is 2.66 bits per heavy atom. The van der Waals surface area contributed by atoms with Gasteiger partial charge in [-0.05, 0) is 55.2 Å². The summed E-state index contributed by atoms with van der Waals surface area (Å²) in [5.74, 6) is 1.34. The van der Waals surface area contributed by atoms with Crippen LogP contribution in [-0.2, 0) is 6.42 Å². The van der Waals surface area contributed by atoms with Crippen LogP contribution in [0, 0.1) is 0 Å². The Balaban J connectivity index is 0.00000300. The fourth-order valence-corrected chi connectivity index (χ4v) is 3.50. The monoisotopic (exact) mass is 570 g/mol. The molecule has 0 spiro atoms. The van der Waals surface area contributed by atoms with E-state index in [1.54, 1.807) is 7.05 Å². The average molecular weight is 571 g/mol. The molecule has 2 aromatic rings. The highest BCUT2D eigenvalue weighted by molar-refractivity contribution is 14.0. The summed E-state index contributed by atoms with van der Waals surface area (Å²) in [6, 6.07) is 16.7. The number of aliphatic imine (C=N–C) groups is 1. The molecule has 156 valence electrons. The quantitative estimate of drug-likeness (QED) is 0.267. The van der Waals surface area contributed by atoms with Crippen molar-refractivity contribution < 1.29 is 4.79 Å². The van der Waals surface area contributed by atoms with E-state index in [9.17, 15) is 4.79 Å². The zero-order valence-electron chi connectivity index (χ0n) is 16.7. The first-order valence-corrected chi connectivity index (χ1v) is 10.5. The molecule has 7 heteroatoms. The minimum absolute atomic E-state index is 0. The lowest BCUT2D eigenvalue weighted by Crippen LogP contribution is -2.39. The lowest BCUT2D eigenvalue weighted by molar-refractivity contribution is 0.0963. The van der Waals surface area contributed by atoms with Crippen LogP contribution in [0.15, 0.2) is 58.0 Å². The molecule has 0 heterocycles. The number of nitrogens with one attached hydrogen (secondary N) is 3. The van der Waals surface area contributed by atoms with Gasteiger partial charge in [0, 0.05) is 42.1 Å². The summed E-state index contributed by atoms with van der Waals surface area (Å²) >= 11 is 3.49. The molecule has 0 radical (unpaired) electrons. The summed E-state index contributed by atoms with van der Waals surface area (Å²) in [4.78, 5) is 16.5. The van der Waals surface area contributed by atoms with Crippen LogP contribution in [-0.4, -0.2) is 38.0 Å². The molecule has 1 aliphatic rings. The molecular formula is C22H28BrIN4O. The third-order valence-electron chi connectivity index (χ3n) is 4.84. The molecule has 0 saturated heterocycles. The number of carbonyl (C=O) groups is 1. The van der Waals surface area contributed by atoms with Crippen molar-refractivity contribution in [3.63, 3.8) is 0 Å². The number of rotatable bonds is 7. The second-order valence-electron chi connectivity index (χ2n) is 6.93. The number of guanidine groups is 1. The van der Waals surface area contributed by atoms with Gasteiger partial charge >= 0.3 is 0 Å². The summed E-state index contributed by atoms with van der Waals surface area (Å²) in [6.45, 7) is 3.57. The molecule has 3 N–H and O–H groups in total. The van der Waals surface area contributed by atoms with E-state index in [-0.39, 0.29) is 29.9 Å². The van der Waals surface area contributed by atoms with Crippen LogP contribution < -0.4 is 16.0 Å². The maximum atomic E-state index is 11.8. The first-order valence-electron chi connectivity index (χ1n) is 9.72. The van der Waals surface area contributed by atoms with Crippen LogP contribution in [0.3, 0.4) is 0 Å². The predicted octanol–water partition coefficient (Wildman–Crippen LogP) is 4.08. The third-order valence-corrected chi connectivity index (χ3v) is 5.37. The second kappa shape index (κ2) is 11.5. The van der Waals surface area contributed by atoms with E-state index in [1.807, 2.05) is 24.3 Å². The van der Waals surface area contributed by atoms with E-state index in [0.717, 1.165) is 35.4 Å². The normalized spacial score (nSPS) is 17.8. The Kier molecular flexibility index (Phi) is 9.42. The Morgan fingerprint density at radius 1 is 1.21 bits per heavy atom. The SMILES string of the molecule is CCNC(=NCCc1cccc(C(=O)NC)c1)NC1CC1c1ccc(Br)cc1.I. The van der Waals surface area contributed by atoms with Gasteiger partial charge in [-0.25, -0.2) is 0 Å². The maximum absolute atomic E-state index is 11.8. The van der Waals surface area contributed by atoms with Gasteiger partial charge in [0.2, 0.25) is 0 Å². The molecule has 1 saturated carbocycles. The number of hydrogen-bond acceptors (Lipinski definition) is 2. The molecule has 1 aliphatic carbocycles. The summed E-state index contributed by atoms with van der Waals surface area (Å²) in [7, 11) is 1.65. The van der Waals surface area contributed by atoms with Gasteiger partial charge < -0.3 is 16.0 Å². The summed E-state index contributed by atoms with van der Waals surface area (Å²) in [5, 5.41) is 9.53. The summed E-state index contributed by atoms with van der Waals surface area (Å²) in [6.07, 6.45) is 1.92. The highest BCUT2D eigenvalue weighted by Crippen LogP contribution is 2.40. The van der Waals surface area contributed by atoms with Crippen LogP contribution in [0.4, 0.5) is 0 Å². The summed E-state index contributed by atoms with van der Waals surface area (Å²) < 4.78 is 1.11. The van der Waals surface area contributed by atoms with Crippen molar-refractivity contribution in [2.45, 2.75) is 31.7 Å². The first-order chi connectivity index (χ1) is 13.6. The molecule has 3 rings (SSSR count). The smallest absolute Gasteiger partial charge is 0.251 e. The van der Waals surface area contributed by atoms with E-state index < -0.39 is 0 Å². The molecule has 2 unspecified atom stereocenters. The molecule has 2 atom stereocenters. The molecule has 29 heavy (non-hydrogen) atoms. The third kappa shape index (κ3) is 6.99. The molecule has 0 aliphatic heterocycles. The highest BCUT2D eigenvalue weighted by atomic mass is 127. The van der Waals surface area contributed by atoms with Crippen molar-refractivity contribution in [3.05, 3.63) is 69.7 Å². The number of benzene rings is 2. The van der Waals surface area contributed by atoms with Gasteiger partial charge in [0.15, 0.2) is 5.96 Å². The van der Waals surface area contributed by atoms with E-state index in [4.69, 9.17) is 4.99 Å². The highest BCUT2D eigenvalue weighted by Gasteiger charge is 2.38. The zero-order valence-corrected chi connectivity index (χ0v) is 20.7. The standard InChI is InChI=1S/C22H27BrN4O.HI/c1-3-25-22(27-20-14-19(20)16-7-9-18(23)10-8-16)26-12-11-15-5-4-6-17(13-15)21(28)24-2;/h4-10,13,19-20H,3,11-12,14H2,1-2H3,(H,24,28)(H2,25,26,27);1H. The number of hydrogen-bond donors (Lipinski definition) is 3. The van der Waals surface area contributed by atoms with Gasteiger partial charge in [0.25, 0.3) is 5.91 Å². The fourth-order valence-electron chi connectivity index (χ4n) is 3.24. The Bertz CT molecular complexity index is 841. The van der Waals surface area contributed by atoms with Crippen LogP contribution in [0.5, 0.6) is 0 Å². The van der Waals surface area contributed by atoms with Gasteiger partial charge in [0.05, 0.1) is 0 Å². The Morgan fingerprint density at radius 2 is 1.97 bits per heavy atom. The Hall–Kier alpha value is -1.61. The minimum atomic E-state index is -0.0620. The van der Waals surface area contributed by atoms with E-state index in [0.29, 0.717) is 24.1 Å².